The number of carbonyl (C=O) groups excluding carboxylic acids is 2. The Kier molecular flexibility index (Phi) is 6.66. The molecule has 1 N–H and O–H groups in total. The van der Waals surface area contributed by atoms with Crippen LogP contribution < -0.4 is 15.0 Å². The number of rotatable bonds is 5. The van der Waals surface area contributed by atoms with Crippen LogP contribution in [0.5, 0.6) is 5.75 Å². The molecule has 1 fully saturated rings. The number of anilines is 1. The van der Waals surface area contributed by atoms with Crippen molar-refractivity contribution in [3.05, 3.63) is 85.7 Å². The summed E-state index contributed by atoms with van der Waals surface area (Å²) in [5, 5.41) is 14.3. The van der Waals surface area contributed by atoms with Gasteiger partial charge in [-0.05, 0) is 74.5 Å². The van der Waals surface area contributed by atoms with E-state index in [1.54, 1.807) is 35.8 Å². The van der Waals surface area contributed by atoms with E-state index in [0.29, 0.717) is 33.4 Å². The standard InChI is InChI=1S/C25H21ClN4O5S/c1-13-5-6-17(11-20(13)26)29-24(32)19(23(31)27-25(29)36)10-16-9-14(2)28(15(16)3)21-12-18(30(33)34)7-8-22(21)35-4/h5-12H,1-4H3,(H,27,31,36)/b19-10+. The summed E-state index contributed by atoms with van der Waals surface area (Å²) in [4.78, 5) is 38.3. The van der Waals surface area contributed by atoms with E-state index in [9.17, 15) is 19.7 Å². The first-order valence-corrected chi connectivity index (χ1v) is 11.5. The second-order valence-electron chi connectivity index (χ2n) is 8.17. The zero-order chi connectivity index (χ0) is 26.3. The molecule has 0 unspecified atom stereocenters. The molecule has 1 aliphatic heterocycles. The molecule has 0 atom stereocenters. The predicted octanol–water partition coefficient (Wildman–Crippen LogP) is 4.80. The van der Waals surface area contributed by atoms with Gasteiger partial charge in [0.05, 0.1) is 23.4 Å². The second-order valence-corrected chi connectivity index (χ2v) is 8.96. The Balaban J connectivity index is 1.81. The van der Waals surface area contributed by atoms with Crippen LogP contribution in [0.15, 0.2) is 48.0 Å². The quantitative estimate of drug-likeness (QED) is 0.169. The van der Waals surface area contributed by atoms with Gasteiger partial charge in [0, 0.05) is 28.5 Å². The van der Waals surface area contributed by atoms with Crippen molar-refractivity contribution < 1.29 is 19.2 Å². The molecule has 9 nitrogen and oxygen atoms in total. The minimum absolute atomic E-state index is 0.0473. The minimum Gasteiger partial charge on any atom is -0.495 e. The van der Waals surface area contributed by atoms with Gasteiger partial charge in [-0.3, -0.25) is 29.9 Å². The van der Waals surface area contributed by atoms with Gasteiger partial charge in [0.15, 0.2) is 5.11 Å². The Labute approximate surface area is 217 Å². The number of benzene rings is 2. The molecule has 1 aliphatic rings. The molecule has 2 heterocycles. The van der Waals surface area contributed by atoms with Crippen LogP contribution in [0, 0.1) is 30.9 Å². The molecule has 0 saturated carbocycles. The Hall–Kier alpha value is -4.02. The van der Waals surface area contributed by atoms with E-state index in [0.717, 1.165) is 11.3 Å². The first-order chi connectivity index (χ1) is 17.0. The number of nitro benzene ring substituents is 1. The van der Waals surface area contributed by atoms with Crippen molar-refractivity contribution in [3.8, 4) is 11.4 Å². The van der Waals surface area contributed by atoms with Crippen molar-refractivity contribution in [3.63, 3.8) is 0 Å². The van der Waals surface area contributed by atoms with Crippen molar-refractivity contribution in [2.75, 3.05) is 12.0 Å². The van der Waals surface area contributed by atoms with E-state index in [2.05, 4.69) is 5.32 Å². The van der Waals surface area contributed by atoms with Gasteiger partial charge in [-0.25, -0.2) is 0 Å². The zero-order valence-corrected chi connectivity index (χ0v) is 21.4. The van der Waals surface area contributed by atoms with Gasteiger partial charge < -0.3 is 9.30 Å². The highest BCUT2D eigenvalue weighted by atomic mass is 35.5. The summed E-state index contributed by atoms with van der Waals surface area (Å²) in [6.45, 7) is 5.43. The first kappa shape index (κ1) is 25.1. The number of thiocarbonyl (C=S) groups is 1. The monoisotopic (exact) mass is 524 g/mol. The van der Waals surface area contributed by atoms with Crippen LogP contribution in [0.4, 0.5) is 11.4 Å². The van der Waals surface area contributed by atoms with Crippen LogP contribution in [0.2, 0.25) is 5.02 Å². The number of carbonyl (C=O) groups is 2. The fraction of sp³-hybridized carbons (Fsp3) is 0.160. The predicted molar refractivity (Wildman–Crippen MR) is 141 cm³/mol. The molecule has 1 aromatic heterocycles. The lowest BCUT2D eigenvalue weighted by Gasteiger charge is -2.29. The molecule has 0 aliphatic carbocycles. The number of methoxy groups -OCH3 is 1. The van der Waals surface area contributed by atoms with Crippen LogP contribution in [0.1, 0.15) is 22.5 Å². The Morgan fingerprint density at radius 2 is 1.83 bits per heavy atom. The third-order valence-corrected chi connectivity index (χ3v) is 6.59. The number of hydrogen-bond acceptors (Lipinski definition) is 6. The third kappa shape index (κ3) is 4.36. The third-order valence-electron chi connectivity index (χ3n) is 5.90. The van der Waals surface area contributed by atoms with Crippen LogP contribution in [-0.2, 0) is 9.59 Å². The number of ether oxygens (including phenoxy) is 1. The zero-order valence-electron chi connectivity index (χ0n) is 19.8. The molecule has 1 saturated heterocycles. The molecule has 0 radical (unpaired) electrons. The maximum absolute atomic E-state index is 13.4. The summed E-state index contributed by atoms with van der Waals surface area (Å²) in [7, 11) is 1.47. The van der Waals surface area contributed by atoms with E-state index < -0.39 is 16.7 Å². The smallest absolute Gasteiger partial charge is 0.271 e. The van der Waals surface area contributed by atoms with Gasteiger partial charge >= 0.3 is 0 Å². The molecule has 4 rings (SSSR count). The first-order valence-electron chi connectivity index (χ1n) is 10.7. The number of halogens is 1. The van der Waals surface area contributed by atoms with Crippen LogP contribution in [0.3, 0.4) is 0 Å². The van der Waals surface area contributed by atoms with Crippen molar-refractivity contribution >= 4 is 58.2 Å². The number of non-ortho nitro benzene ring substituents is 1. The number of nitro groups is 1. The Bertz CT molecular complexity index is 1490. The van der Waals surface area contributed by atoms with Crippen molar-refractivity contribution in [1.82, 2.24) is 9.88 Å². The molecule has 36 heavy (non-hydrogen) atoms. The van der Waals surface area contributed by atoms with E-state index >= 15 is 0 Å². The lowest BCUT2D eigenvalue weighted by molar-refractivity contribution is -0.384. The van der Waals surface area contributed by atoms with Gasteiger partial charge in [0.2, 0.25) is 0 Å². The molecule has 11 heteroatoms. The molecule has 3 aromatic rings. The van der Waals surface area contributed by atoms with Crippen molar-refractivity contribution in [1.29, 1.82) is 0 Å². The van der Waals surface area contributed by atoms with Gasteiger partial charge in [-0.2, -0.15) is 0 Å². The number of nitrogens with zero attached hydrogens (tertiary/aromatic N) is 3. The maximum Gasteiger partial charge on any atom is 0.271 e. The highest BCUT2D eigenvalue weighted by Gasteiger charge is 2.35. The summed E-state index contributed by atoms with van der Waals surface area (Å²) in [6, 6.07) is 11.1. The highest BCUT2D eigenvalue weighted by molar-refractivity contribution is 7.80. The lowest BCUT2D eigenvalue weighted by atomic mass is 10.1. The number of hydrogen-bond donors (Lipinski definition) is 1. The molecular weight excluding hydrogens is 504 g/mol. The largest absolute Gasteiger partial charge is 0.495 e. The lowest BCUT2D eigenvalue weighted by Crippen LogP contribution is -2.54. The van der Waals surface area contributed by atoms with Crippen molar-refractivity contribution in [2.24, 2.45) is 0 Å². The summed E-state index contributed by atoms with van der Waals surface area (Å²) in [5.74, 6) is -0.792. The van der Waals surface area contributed by atoms with E-state index in [4.69, 9.17) is 28.6 Å². The number of aromatic nitrogens is 1. The van der Waals surface area contributed by atoms with E-state index in [1.807, 2.05) is 13.8 Å². The number of aryl methyl sites for hydroxylation is 2. The fourth-order valence-corrected chi connectivity index (χ4v) is 4.50. The Morgan fingerprint density at radius 1 is 1.11 bits per heavy atom. The van der Waals surface area contributed by atoms with Gasteiger partial charge in [-0.1, -0.05) is 17.7 Å². The minimum atomic E-state index is -0.628. The van der Waals surface area contributed by atoms with Gasteiger partial charge in [0.1, 0.15) is 11.3 Å². The number of amides is 2. The van der Waals surface area contributed by atoms with Crippen molar-refractivity contribution in [2.45, 2.75) is 20.8 Å². The molecule has 0 bridgehead atoms. The van der Waals surface area contributed by atoms with Crippen LogP contribution >= 0.6 is 23.8 Å². The van der Waals surface area contributed by atoms with Gasteiger partial charge in [0.25, 0.3) is 17.5 Å². The van der Waals surface area contributed by atoms with E-state index in [1.165, 1.54) is 36.3 Å². The normalized spacial score (nSPS) is 14.9. The van der Waals surface area contributed by atoms with E-state index in [-0.39, 0.29) is 16.4 Å². The Morgan fingerprint density at radius 3 is 2.47 bits per heavy atom. The molecular formula is C25H21ClN4O5S. The van der Waals surface area contributed by atoms with Crippen LogP contribution in [-0.4, -0.2) is 33.5 Å². The van der Waals surface area contributed by atoms with Crippen LogP contribution in [0.25, 0.3) is 11.8 Å². The molecule has 2 aromatic carbocycles. The summed E-state index contributed by atoms with van der Waals surface area (Å²) >= 11 is 11.5. The maximum atomic E-state index is 13.4. The topological polar surface area (TPSA) is 107 Å². The van der Waals surface area contributed by atoms with Gasteiger partial charge in [-0.15, -0.1) is 0 Å². The molecule has 0 spiro atoms. The molecule has 2 amide bonds. The number of nitrogens with one attached hydrogen (secondary N) is 1. The fourth-order valence-electron chi connectivity index (χ4n) is 4.04. The molecule has 184 valence electrons. The SMILES string of the molecule is COc1ccc([N+](=O)[O-])cc1-n1c(C)cc(/C=C2\C(=O)NC(=S)N(c3ccc(C)c(Cl)c3)C2=O)c1C. The average Bonchev–Trinajstić information content (AvgIpc) is 3.10. The summed E-state index contributed by atoms with van der Waals surface area (Å²) in [6.07, 6.45) is 1.48. The summed E-state index contributed by atoms with van der Waals surface area (Å²) in [5.41, 5.74) is 3.46. The summed E-state index contributed by atoms with van der Waals surface area (Å²) < 4.78 is 7.19. The second kappa shape index (κ2) is 9.56. The highest BCUT2D eigenvalue weighted by Crippen LogP contribution is 2.33. The average molecular weight is 525 g/mol.